The summed E-state index contributed by atoms with van der Waals surface area (Å²) in [5, 5.41) is 9.16. The Bertz CT molecular complexity index is 293. The van der Waals surface area contributed by atoms with Gasteiger partial charge in [0.05, 0.1) is 5.69 Å². The van der Waals surface area contributed by atoms with Crippen LogP contribution in [0.3, 0.4) is 0 Å². The summed E-state index contributed by atoms with van der Waals surface area (Å²) in [6.45, 7) is 6.06. The lowest BCUT2D eigenvalue weighted by molar-refractivity contribution is 0.253. The highest BCUT2D eigenvalue weighted by atomic mass is 32.1. The average Bonchev–Trinajstić information content (AvgIpc) is 2.53. The number of urea groups is 1. The Labute approximate surface area is 81.5 Å². The van der Waals surface area contributed by atoms with Crippen molar-refractivity contribution in [3.05, 3.63) is 29.0 Å². The molecule has 3 nitrogen and oxygen atoms in total. The molecule has 1 aromatic rings. The number of carbonyl (C=O) groups is 1. The fourth-order valence-electron chi connectivity index (χ4n) is 0.742. The van der Waals surface area contributed by atoms with Gasteiger partial charge in [0.2, 0.25) is 0 Å². The van der Waals surface area contributed by atoms with Gasteiger partial charge in [0.1, 0.15) is 0 Å². The molecule has 0 spiro atoms. The fraction of sp³-hybridized carbons (Fsp3) is 0.222. The van der Waals surface area contributed by atoms with Gasteiger partial charge >= 0.3 is 6.03 Å². The first-order valence-corrected chi connectivity index (χ1v) is 4.84. The van der Waals surface area contributed by atoms with Crippen LogP contribution in [0.4, 0.5) is 10.5 Å². The van der Waals surface area contributed by atoms with E-state index in [9.17, 15) is 4.79 Å². The van der Waals surface area contributed by atoms with E-state index in [0.717, 1.165) is 11.3 Å². The predicted molar refractivity (Wildman–Crippen MR) is 56.2 cm³/mol. The zero-order valence-corrected chi connectivity index (χ0v) is 8.28. The molecule has 0 radical (unpaired) electrons. The number of rotatable bonds is 3. The number of thiophene rings is 1. The lowest BCUT2D eigenvalue weighted by atomic mass is 10.3. The first kappa shape index (κ1) is 9.80. The Morgan fingerprint density at radius 2 is 2.46 bits per heavy atom. The topological polar surface area (TPSA) is 41.1 Å². The van der Waals surface area contributed by atoms with Gasteiger partial charge in [-0.3, -0.25) is 0 Å². The van der Waals surface area contributed by atoms with E-state index in [1.54, 1.807) is 11.3 Å². The molecule has 0 aromatic carbocycles. The van der Waals surface area contributed by atoms with Gasteiger partial charge in [0, 0.05) is 11.9 Å². The van der Waals surface area contributed by atoms with Crippen LogP contribution in [-0.4, -0.2) is 12.6 Å². The summed E-state index contributed by atoms with van der Waals surface area (Å²) in [5.74, 6) is 0. The van der Waals surface area contributed by atoms with Crippen LogP contribution in [0.1, 0.15) is 6.92 Å². The first-order valence-electron chi connectivity index (χ1n) is 3.90. The molecule has 4 heteroatoms. The Hall–Kier alpha value is -1.29. The van der Waals surface area contributed by atoms with Gasteiger partial charge in [-0.1, -0.05) is 12.2 Å². The van der Waals surface area contributed by atoms with Gasteiger partial charge in [-0.15, -0.1) is 0 Å². The Kier molecular flexibility index (Phi) is 3.52. The normalized spacial score (nSPS) is 9.31. The highest BCUT2D eigenvalue weighted by Crippen LogP contribution is 2.10. The predicted octanol–water partition coefficient (Wildman–Crippen LogP) is 2.45. The van der Waals surface area contributed by atoms with Crippen LogP contribution >= 0.6 is 11.3 Å². The van der Waals surface area contributed by atoms with E-state index in [0.29, 0.717) is 6.54 Å². The minimum absolute atomic E-state index is 0.193. The minimum atomic E-state index is -0.193. The van der Waals surface area contributed by atoms with Crippen molar-refractivity contribution in [1.29, 1.82) is 0 Å². The quantitative estimate of drug-likeness (QED) is 0.716. The molecule has 0 saturated heterocycles. The number of hydrogen-bond acceptors (Lipinski definition) is 2. The van der Waals surface area contributed by atoms with Crippen LogP contribution in [0.15, 0.2) is 29.0 Å². The third-order valence-electron chi connectivity index (χ3n) is 1.33. The van der Waals surface area contributed by atoms with Gasteiger partial charge in [-0.2, -0.15) is 11.3 Å². The van der Waals surface area contributed by atoms with E-state index in [4.69, 9.17) is 0 Å². The Morgan fingerprint density at radius 3 is 3.00 bits per heavy atom. The molecule has 2 amide bonds. The molecule has 0 aliphatic rings. The number of amides is 2. The maximum absolute atomic E-state index is 11.2. The molecule has 0 aliphatic heterocycles. The third-order valence-corrected chi connectivity index (χ3v) is 2.01. The number of carbonyl (C=O) groups excluding carboxylic acids is 1. The zero-order valence-electron chi connectivity index (χ0n) is 7.46. The van der Waals surface area contributed by atoms with Crippen LogP contribution < -0.4 is 10.6 Å². The summed E-state index contributed by atoms with van der Waals surface area (Å²) in [6, 6.07) is 1.66. The van der Waals surface area contributed by atoms with Crippen molar-refractivity contribution in [3.8, 4) is 0 Å². The lowest BCUT2D eigenvalue weighted by Gasteiger charge is -2.04. The molecule has 1 aromatic heterocycles. The van der Waals surface area contributed by atoms with Crippen molar-refractivity contribution in [2.75, 3.05) is 11.9 Å². The number of hydrogen-bond donors (Lipinski definition) is 2. The summed E-state index contributed by atoms with van der Waals surface area (Å²) in [7, 11) is 0. The van der Waals surface area contributed by atoms with Crippen LogP contribution in [0.5, 0.6) is 0 Å². The van der Waals surface area contributed by atoms with Crippen LogP contribution in [-0.2, 0) is 0 Å². The van der Waals surface area contributed by atoms with Crippen molar-refractivity contribution < 1.29 is 4.79 Å². The van der Waals surface area contributed by atoms with E-state index < -0.39 is 0 Å². The zero-order chi connectivity index (χ0) is 9.68. The van der Waals surface area contributed by atoms with E-state index in [1.165, 1.54) is 0 Å². The molecule has 0 aliphatic carbocycles. The molecule has 1 rings (SSSR count). The lowest BCUT2D eigenvalue weighted by Crippen LogP contribution is -2.29. The van der Waals surface area contributed by atoms with E-state index in [-0.39, 0.29) is 6.03 Å². The van der Waals surface area contributed by atoms with Gasteiger partial charge in [0.25, 0.3) is 0 Å². The molecule has 0 fully saturated rings. The van der Waals surface area contributed by atoms with Crippen LogP contribution in [0.25, 0.3) is 0 Å². The fourth-order valence-corrected chi connectivity index (χ4v) is 1.33. The number of anilines is 1. The largest absolute Gasteiger partial charge is 0.334 e. The van der Waals surface area contributed by atoms with Crippen LogP contribution in [0, 0.1) is 0 Å². The minimum Gasteiger partial charge on any atom is -0.334 e. The summed E-state index contributed by atoms with van der Waals surface area (Å²) >= 11 is 1.55. The highest BCUT2D eigenvalue weighted by molar-refractivity contribution is 7.08. The van der Waals surface area contributed by atoms with Crippen molar-refractivity contribution in [2.45, 2.75) is 6.92 Å². The monoisotopic (exact) mass is 196 g/mol. The van der Waals surface area contributed by atoms with Crippen molar-refractivity contribution >= 4 is 23.1 Å². The third kappa shape index (κ3) is 3.75. The second kappa shape index (κ2) is 4.67. The summed E-state index contributed by atoms with van der Waals surface area (Å²) in [5.41, 5.74) is 1.75. The molecule has 0 bridgehead atoms. The van der Waals surface area contributed by atoms with E-state index in [1.807, 2.05) is 23.8 Å². The van der Waals surface area contributed by atoms with Gasteiger partial charge in [0.15, 0.2) is 0 Å². The van der Waals surface area contributed by atoms with Crippen molar-refractivity contribution in [3.63, 3.8) is 0 Å². The van der Waals surface area contributed by atoms with Gasteiger partial charge < -0.3 is 10.6 Å². The molecular formula is C9H12N2OS. The average molecular weight is 196 g/mol. The first-order chi connectivity index (χ1) is 6.18. The maximum atomic E-state index is 11.2. The SMILES string of the molecule is C=C(C)CNC(=O)Nc1ccsc1. The second-order valence-electron chi connectivity index (χ2n) is 2.78. The second-order valence-corrected chi connectivity index (χ2v) is 3.56. The maximum Gasteiger partial charge on any atom is 0.319 e. The molecule has 70 valence electrons. The van der Waals surface area contributed by atoms with Gasteiger partial charge in [-0.05, 0) is 18.4 Å². The van der Waals surface area contributed by atoms with Crippen LogP contribution in [0.2, 0.25) is 0 Å². The smallest absolute Gasteiger partial charge is 0.319 e. The molecule has 13 heavy (non-hydrogen) atoms. The number of nitrogens with one attached hydrogen (secondary N) is 2. The van der Waals surface area contributed by atoms with Gasteiger partial charge in [-0.25, -0.2) is 4.79 Å². The van der Waals surface area contributed by atoms with Crippen molar-refractivity contribution in [2.24, 2.45) is 0 Å². The molecule has 2 N–H and O–H groups in total. The van der Waals surface area contributed by atoms with Crippen molar-refractivity contribution in [1.82, 2.24) is 5.32 Å². The van der Waals surface area contributed by atoms with E-state index >= 15 is 0 Å². The molecule has 0 saturated carbocycles. The summed E-state index contributed by atoms with van der Waals surface area (Å²) < 4.78 is 0. The van der Waals surface area contributed by atoms with E-state index in [2.05, 4.69) is 17.2 Å². The molecule has 0 unspecified atom stereocenters. The summed E-state index contributed by atoms with van der Waals surface area (Å²) in [4.78, 5) is 11.2. The standard InChI is InChI=1S/C9H12N2OS/c1-7(2)5-10-9(12)11-8-3-4-13-6-8/h3-4,6H,1,5H2,2H3,(H2,10,11,12). The molecule has 0 atom stereocenters. The Balaban J connectivity index is 2.30. The summed E-state index contributed by atoms with van der Waals surface area (Å²) in [6.07, 6.45) is 0. The highest BCUT2D eigenvalue weighted by Gasteiger charge is 1.99. The Morgan fingerprint density at radius 1 is 1.69 bits per heavy atom. The molecule has 1 heterocycles. The molecular weight excluding hydrogens is 184 g/mol.